The van der Waals surface area contributed by atoms with Crippen LogP contribution >= 0.6 is 0 Å². The average Bonchev–Trinajstić information content (AvgIpc) is 2.72. The fourth-order valence-electron chi connectivity index (χ4n) is 3.55. The van der Waals surface area contributed by atoms with E-state index in [1.807, 2.05) is 37.3 Å². The summed E-state index contributed by atoms with van der Waals surface area (Å²) in [4.78, 5) is 2.15. The molecule has 2 aliphatic rings. The molecule has 3 rings (SSSR count). The van der Waals surface area contributed by atoms with E-state index in [2.05, 4.69) is 4.90 Å². The van der Waals surface area contributed by atoms with Crippen LogP contribution in [0.5, 0.6) is 0 Å². The van der Waals surface area contributed by atoms with Crippen LogP contribution in [0.2, 0.25) is 0 Å². The fourth-order valence-corrected chi connectivity index (χ4v) is 3.55. The number of nitrogens with zero attached hydrogens (tertiary/aromatic N) is 2. The Morgan fingerprint density at radius 3 is 2.50 bits per heavy atom. The zero-order chi connectivity index (χ0) is 14.2. The van der Waals surface area contributed by atoms with Gasteiger partial charge in [0.15, 0.2) is 11.3 Å². The zero-order valence-electron chi connectivity index (χ0n) is 12.0. The van der Waals surface area contributed by atoms with Crippen LogP contribution in [0.25, 0.3) is 0 Å². The van der Waals surface area contributed by atoms with Crippen molar-refractivity contribution in [2.24, 2.45) is 0 Å². The Morgan fingerprint density at radius 2 is 1.85 bits per heavy atom. The number of hydrogen-bond donors (Lipinski definition) is 1. The molecule has 0 unspecified atom stereocenters. The summed E-state index contributed by atoms with van der Waals surface area (Å²) in [7, 11) is 0. The van der Waals surface area contributed by atoms with Gasteiger partial charge in [0.25, 0.3) is 6.17 Å². The SMILES string of the molecule is CC1=[N+]([O-])[C@H](N2CCCCC2)[C@](O)(c2ccccc2)C1. The van der Waals surface area contributed by atoms with Gasteiger partial charge in [0.1, 0.15) is 0 Å². The lowest BCUT2D eigenvalue weighted by atomic mass is 9.87. The van der Waals surface area contributed by atoms with Gasteiger partial charge in [0, 0.05) is 20.0 Å². The van der Waals surface area contributed by atoms with Crippen LogP contribution in [-0.4, -0.2) is 39.7 Å². The lowest BCUT2D eigenvalue weighted by Crippen LogP contribution is -2.53. The van der Waals surface area contributed by atoms with E-state index in [0.717, 1.165) is 36.2 Å². The molecule has 2 aliphatic heterocycles. The van der Waals surface area contributed by atoms with Gasteiger partial charge in [-0.15, -0.1) is 0 Å². The van der Waals surface area contributed by atoms with Crippen LogP contribution in [0.4, 0.5) is 0 Å². The van der Waals surface area contributed by atoms with Crippen LogP contribution in [0.3, 0.4) is 0 Å². The Bertz CT molecular complexity index is 508. The standard InChI is InChI=1S/C16H22N2O2/c1-13-12-16(19,14-8-4-2-5-9-14)15(18(13)20)17-10-6-3-7-11-17/h2,4-5,8-9,15,19H,3,6-7,10-12H2,1H3/t15-,16+/m0/s1. The van der Waals surface area contributed by atoms with E-state index >= 15 is 0 Å². The number of benzene rings is 1. The van der Waals surface area contributed by atoms with Crippen molar-refractivity contribution in [1.29, 1.82) is 0 Å². The van der Waals surface area contributed by atoms with Crippen LogP contribution in [-0.2, 0) is 5.60 Å². The molecule has 20 heavy (non-hydrogen) atoms. The minimum absolute atomic E-state index is 0.418. The summed E-state index contributed by atoms with van der Waals surface area (Å²) in [5, 5.41) is 23.7. The van der Waals surface area contributed by atoms with E-state index in [0.29, 0.717) is 12.1 Å². The third-order valence-corrected chi connectivity index (χ3v) is 4.56. The van der Waals surface area contributed by atoms with Crippen molar-refractivity contribution >= 4 is 5.71 Å². The van der Waals surface area contributed by atoms with Crippen molar-refractivity contribution in [2.75, 3.05) is 13.1 Å². The molecular weight excluding hydrogens is 252 g/mol. The highest BCUT2D eigenvalue weighted by atomic mass is 16.5. The maximum atomic E-state index is 12.5. The quantitative estimate of drug-likeness (QED) is 0.663. The average molecular weight is 274 g/mol. The Balaban J connectivity index is 1.97. The predicted octanol–water partition coefficient (Wildman–Crippen LogP) is 2.06. The van der Waals surface area contributed by atoms with E-state index in [1.165, 1.54) is 6.42 Å². The molecule has 0 bridgehead atoms. The van der Waals surface area contributed by atoms with Gasteiger partial charge in [-0.1, -0.05) is 36.8 Å². The van der Waals surface area contributed by atoms with Crippen molar-refractivity contribution in [2.45, 2.75) is 44.4 Å². The van der Waals surface area contributed by atoms with E-state index < -0.39 is 11.8 Å². The summed E-state index contributed by atoms with van der Waals surface area (Å²) in [6.45, 7) is 3.61. The first-order valence-electron chi connectivity index (χ1n) is 7.44. The number of piperidine rings is 1. The molecule has 1 aromatic rings. The Morgan fingerprint density at radius 1 is 1.20 bits per heavy atom. The molecule has 0 aromatic heterocycles. The van der Waals surface area contributed by atoms with E-state index in [9.17, 15) is 10.3 Å². The highest BCUT2D eigenvalue weighted by Crippen LogP contribution is 2.38. The molecule has 0 spiro atoms. The number of rotatable bonds is 2. The molecule has 4 nitrogen and oxygen atoms in total. The predicted molar refractivity (Wildman–Crippen MR) is 78.5 cm³/mol. The molecule has 1 saturated heterocycles. The summed E-state index contributed by atoms with van der Waals surface area (Å²) >= 11 is 0. The van der Waals surface area contributed by atoms with Crippen LogP contribution < -0.4 is 0 Å². The van der Waals surface area contributed by atoms with Crippen LogP contribution in [0.15, 0.2) is 30.3 Å². The first-order valence-corrected chi connectivity index (χ1v) is 7.44. The number of aliphatic hydroxyl groups is 1. The van der Waals surface area contributed by atoms with Gasteiger partial charge in [-0.05, 0) is 18.4 Å². The molecule has 0 radical (unpaired) electrons. The fraction of sp³-hybridized carbons (Fsp3) is 0.562. The number of hydrogen-bond acceptors (Lipinski definition) is 3. The normalized spacial score (nSPS) is 31.8. The summed E-state index contributed by atoms with van der Waals surface area (Å²) in [5.74, 6) is 0. The third-order valence-electron chi connectivity index (χ3n) is 4.56. The van der Waals surface area contributed by atoms with Crippen molar-refractivity contribution in [3.63, 3.8) is 0 Å². The molecule has 2 heterocycles. The van der Waals surface area contributed by atoms with Crippen molar-refractivity contribution in [1.82, 2.24) is 4.90 Å². The lowest BCUT2D eigenvalue weighted by Gasteiger charge is -2.37. The lowest BCUT2D eigenvalue weighted by molar-refractivity contribution is -0.545. The van der Waals surface area contributed by atoms with Crippen molar-refractivity contribution in [3.05, 3.63) is 41.1 Å². The first-order chi connectivity index (χ1) is 9.63. The summed E-state index contributed by atoms with van der Waals surface area (Å²) in [6.07, 6.45) is 3.36. The van der Waals surface area contributed by atoms with Gasteiger partial charge in [-0.25, -0.2) is 4.90 Å². The Labute approximate surface area is 119 Å². The van der Waals surface area contributed by atoms with Gasteiger partial charge in [-0.3, -0.25) is 0 Å². The summed E-state index contributed by atoms with van der Waals surface area (Å²) in [6, 6.07) is 9.61. The number of likely N-dealkylation sites (tertiary alicyclic amines) is 1. The minimum Gasteiger partial charge on any atom is -0.623 e. The molecule has 1 fully saturated rings. The van der Waals surface area contributed by atoms with Crippen molar-refractivity contribution < 1.29 is 9.85 Å². The van der Waals surface area contributed by atoms with E-state index in [-0.39, 0.29) is 0 Å². The molecule has 2 atom stereocenters. The second-order valence-electron chi connectivity index (χ2n) is 6.00. The number of hydroxylamine groups is 1. The van der Waals surface area contributed by atoms with Crippen LogP contribution in [0.1, 0.15) is 38.2 Å². The van der Waals surface area contributed by atoms with Gasteiger partial charge < -0.3 is 10.3 Å². The smallest absolute Gasteiger partial charge is 0.253 e. The zero-order valence-corrected chi connectivity index (χ0v) is 12.0. The Hall–Kier alpha value is -1.39. The van der Waals surface area contributed by atoms with Gasteiger partial charge in [-0.2, -0.15) is 4.74 Å². The highest BCUT2D eigenvalue weighted by Gasteiger charge is 2.54. The van der Waals surface area contributed by atoms with Gasteiger partial charge in [0.2, 0.25) is 0 Å². The summed E-state index contributed by atoms with van der Waals surface area (Å²) < 4.78 is 1.03. The maximum absolute atomic E-state index is 12.5. The van der Waals surface area contributed by atoms with Gasteiger partial charge >= 0.3 is 0 Å². The van der Waals surface area contributed by atoms with Gasteiger partial charge in [0.05, 0.1) is 6.42 Å². The monoisotopic (exact) mass is 274 g/mol. The molecule has 0 saturated carbocycles. The van der Waals surface area contributed by atoms with E-state index in [1.54, 1.807) is 0 Å². The highest BCUT2D eigenvalue weighted by molar-refractivity contribution is 5.80. The molecule has 1 N–H and O–H groups in total. The van der Waals surface area contributed by atoms with E-state index in [4.69, 9.17) is 0 Å². The Kier molecular flexibility index (Phi) is 3.52. The molecule has 1 aromatic carbocycles. The molecule has 0 amide bonds. The molecular formula is C16H22N2O2. The molecule has 0 aliphatic carbocycles. The molecule has 4 heteroatoms. The topological polar surface area (TPSA) is 49.5 Å². The maximum Gasteiger partial charge on any atom is 0.253 e. The third kappa shape index (κ3) is 2.13. The second kappa shape index (κ2) is 5.19. The first kappa shape index (κ1) is 13.6. The molecule has 108 valence electrons. The summed E-state index contributed by atoms with van der Waals surface area (Å²) in [5.41, 5.74) is 0.463. The van der Waals surface area contributed by atoms with Crippen LogP contribution in [0, 0.1) is 5.21 Å². The largest absolute Gasteiger partial charge is 0.623 e. The van der Waals surface area contributed by atoms with Crippen molar-refractivity contribution in [3.8, 4) is 0 Å². The minimum atomic E-state index is -1.09. The second-order valence-corrected chi connectivity index (χ2v) is 6.00.